The quantitative estimate of drug-likeness (QED) is 0.645. The molecule has 0 fully saturated rings. The predicted octanol–water partition coefficient (Wildman–Crippen LogP) is 4.70. The number of benzene rings is 2. The summed E-state index contributed by atoms with van der Waals surface area (Å²) in [7, 11) is 1.58. The molecule has 6 nitrogen and oxygen atoms in total. The summed E-state index contributed by atoms with van der Waals surface area (Å²) in [5.74, 6) is 1.22. The van der Waals surface area contributed by atoms with E-state index in [9.17, 15) is 9.59 Å². The van der Waals surface area contributed by atoms with E-state index in [-0.39, 0.29) is 6.42 Å². The molecule has 6 heteroatoms. The minimum atomic E-state index is -0.601. The minimum absolute atomic E-state index is 0.194. The van der Waals surface area contributed by atoms with Gasteiger partial charge in [-0.15, -0.1) is 0 Å². The smallest absolute Gasteiger partial charge is 0.410 e. The van der Waals surface area contributed by atoms with Crippen molar-refractivity contribution in [3.05, 3.63) is 59.2 Å². The van der Waals surface area contributed by atoms with E-state index < -0.39 is 17.7 Å². The molecule has 0 radical (unpaired) electrons. The van der Waals surface area contributed by atoms with Gasteiger partial charge in [-0.05, 0) is 56.0 Å². The topological polar surface area (TPSA) is 65.1 Å². The fourth-order valence-electron chi connectivity index (χ4n) is 3.60. The molecule has 2 aromatic rings. The normalized spacial score (nSPS) is 15.9. The number of hydrogen-bond donors (Lipinski definition) is 0. The van der Waals surface area contributed by atoms with E-state index >= 15 is 0 Å². The van der Waals surface area contributed by atoms with E-state index in [0.29, 0.717) is 31.1 Å². The lowest BCUT2D eigenvalue weighted by Gasteiger charge is -2.37. The highest BCUT2D eigenvalue weighted by Gasteiger charge is 2.34. The van der Waals surface area contributed by atoms with Gasteiger partial charge in [-0.1, -0.05) is 30.3 Å². The highest BCUT2D eigenvalue weighted by molar-refractivity contribution is 5.71. The number of ether oxygens (including phenoxy) is 3. The Kier molecular flexibility index (Phi) is 6.65. The van der Waals surface area contributed by atoms with Gasteiger partial charge in [0, 0.05) is 13.0 Å². The number of fused-ring (bicyclic) bond motifs is 1. The number of carbonyl (C=O) groups excluding carboxylic acids is 2. The fraction of sp³-hybridized carbons (Fsp3) is 0.417. The van der Waals surface area contributed by atoms with Crippen molar-refractivity contribution in [3.8, 4) is 11.5 Å². The molecule has 1 amide bonds. The number of nitrogens with zero attached hydrogens (tertiary/aromatic N) is 1. The van der Waals surface area contributed by atoms with Crippen LogP contribution < -0.4 is 9.47 Å². The lowest BCUT2D eigenvalue weighted by atomic mass is 9.90. The lowest BCUT2D eigenvalue weighted by molar-refractivity contribution is -0.109. The molecule has 0 aliphatic carbocycles. The Bertz CT molecular complexity index is 888. The third-order valence-corrected chi connectivity index (χ3v) is 4.97. The summed E-state index contributed by atoms with van der Waals surface area (Å²) in [5, 5.41) is 0. The van der Waals surface area contributed by atoms with Crippen LogP contribution in [0.25, 0.3) is 0 Å². The van der Waals surface area contributed by atoms with Crippen LogP contribution in [0.1, 0.15) is 49.9 Å². The first-order valence-electron chi connectivity index (χ1n) is 10.1. The van der Waals surface area contributed by atoms with Gasteiger partial charge in [0.1, 0.15) is 18.5 Å². The third-order valence-electron chi connectivity index (χ3n) is 4.97. The Balaban J connectivity index is 1.88. The van der Waals surface area contributed by atoms with Gasteiger partial charge < -0.3 is 23.9 Å². The second-order valence-electron chi connectivity index (χ2n) is 8.32. The van der Waals surface area contributed by atoms with E-state index in [1.165, 1.54) is 0 Å². The van der Waals surface area contributed by atoms with E-state index in [4.69, 9.17) is 14.2 Å². The van der Waals surface area contributed by atoms with Crippen LogP contribution in [0.15, 0.2) is 42.5 Å². The Morgan fingerprint density at radius 3 is 2.53 bits per heavy atom. The van der Waals surface area contributed by atoms with Crippen LogP contribution in [0.2, 0.25) is 0 Å². The molecule has 0 N–H and O–H groups in total. The van der Waals surface area contributed by atoms with Gasteiger partial charge in [0.05, 0.1) is 13.2 Å². The molecule has 1 heterocycles. The van der Waals surface area contributed by atoms with Crippen molar-refractivity contribution in [1.82, 2.24) is 4.90 Å². The molecule has 1 unspecified atom stereocenters. The number of carbonyl (C=O) groups is 2. The largest absolute Gasteiger partial charge is 0.493 e. The summed E-state index contributed by atoms with van der Waals surface area (Å²) in [6.45, 7) is 6.40. The molecular formula is C24H29NO5. The molecule has 1 aliphatic rings. The number of amides is 1. The van der Waals surface area contributed by atoms with Crippen molar-refractivity contribution in [2.45, 2.75) is 51.9 Å². The molecule has 0 bridgehead atoms. The van der Waals surface area contributed by atoms with Gasteiger partial charge in [-0.2, -0.15) is 0 Å². The highest BCUT2D eigenvalue weighted by atomic mass is 16.6. The van der Waals surface area contributed by atoms with Crippen molar-refractivity contribution in [1.29, 1.82) is 0 Å². The number of rotatable bonds is 6. The van der Waals surface area contributed by atoms with E-state index in [2.05, 4.69) is 0 Å². The summed E-state index contributed by atoms with van der Waals surface area (Å²) in [4.78, 5) is 25.7. The number of aldehydes is 1. The summed E-state index contributed by atoms with van der Waals surface area (Å²) in [6, 6.07) is 13.4. The Morgan fingerprint density at radius 2 is 1.90 bits per heavy atom. The zero-order chi connectivity index (χ0) is 21.7. The van der Waals surface area contributed by atoms with Crippen LogP contribution in [0.3, 0.4) is 0 Å². The van der Waals surface area contributed by atoms with E-state index in [1.807, 2.05) is 63.2 Å². The first kappa shape index (κ1) is 21.7. The first-order valence-corrected chi connectivity index (χ1v) is 10.1. The van der Waals surface area contributed by atoms with Crippen LogP contribution >= 0.6 is 0 Å². The zero-order valence-corrected chi connectivity index (χ0v) is 18.0. The average Bonchev–Trinajstić information content (AvgIpc) is 2.71. The highest BCUT2D eigenvalue weighted by Crippen LogP contribution is 2.40. The Labute approximate surface area is 177 Å². The Morgan fingerprint density at radius 1 is 1.17 bits per heavy atom. The van der Waals surface area contributed by atoms with Crippen LogP contribution in [0.5, 0.6) is 11.5 Å². The van der Waals surface area contributed by atoms with Gasteiger partial charge in [0.15, 0.2) is 11.5 Å². The molecule has 1 atom stereocenters. The van der Waals surface area contributed by atoms with Crippen molar-refractivity contribution >= 4 is 12.4 Å². The molecule has 3 rings (SSSR count). The number of methoxy groups -OCH3 is 1. The van der Waals surface area contributed by atoms with Crippen LogP contribution in [0.4, 0.5) is 4.79 Å². The molecule has 2 aromatic carbocycles. The van der Waals surface area contributed by atoms with Gasteiger partial charge in [-0.3, -0.25) is 0 Å². The van der Waals surface area contributed by atoms with Crippen molar-refractivity contribution in [2.24, 2.45) is 0 Å². The summed E-state index contributed by atoms with van der Waals surface area (Å²) < 4.78 is 17.1. The molecular weight excluding hydrogens is 382 g/mol. The maximum atomic E-state index is 12.7. The van der Waals surface area contributed by atoms with E-state index in [0.717, 1.165) is 23.0 Å². The average molecular weight is 411 g/mol. The van der Waals surface area contributed by atoms with Crippen LogP contribution in [-0.2, 0) is 22.6 Å². The van der Waals surface area contributed by atoms with Crippen molar-refractivity contribution < 1.29 is 23.8 Å². The summed E-state index contributed by atoms with van der Waals surface area (Å²) in [5.41, 5.74) is 2.40. The van der Waals surface area contributed by atoms with Crippen molar-refractivity contribution in [3.63, 3.8) is 0 Å². The Hall–Kier alpha value is -3.02. The van der Waals surface area contributed by atoms with E-state index in [1.54, 1.807) is 12.0 Å². The van der Waals surface area contributed by atoms with Crippen LogP contribution in [-0.4, -0.2) is 36.5 Å². The lowest BCUT2D eigenvalue weighted by Crippen LogP contribution is -2.43. The zero-order valence-electron chi connectivity index (χ0n) is 18.0. The number of hydrogen-bond acceptors (Lipinski definition) is 5. The first-order chi connectivity index (χ1) is 14.3. The standard InChI is InChI=1S/C24H29NO5/c1-24(2,3)30-23(27)25-12-10-18-14-22(29-16-17-8-6-5-7-9-17)21(28-4)15-19(18)20(25)11-13-26/h5-9,13-15,20H,10-12,16H2,1-4H3. The van der Waals surface area contributed by atoms with Crippen LogP contribution in [0, 0.1) is 0 Å². The maximum Gasteiger partial charge on any atom is 0.410 e. The summed E-state index contributed by atoms with van der Waals surface area (Å²) in [6.07, 6.45) is 1.27. The molecule has 0 aromatic heterocycles. The predicted molar refractivity (Wildman–Crippen MR) is 114 cm³/mol. The van der Waals surface area contributed by atoms with Gasteiger partial charge >= 0.3 is 6.09 Å². The molecule has 30 heavy (non-hydrogen) atoms. The molecule has 0 spiro atoms. The second-order valence-corrected chi connectivity index (χ2v) is 8.32. The van der Waals surface area contributed by atoms with Gasteiger partial charge in [-0.25, -0.2) is 4.79 Å². The SMILES string of the molecule is COc1cc2c(cc1OCc1ccccc1)CCN(C(=O)OC(C)(C)C)C2CC=O. The third kappa shape index (κ3) is 5.12. The minimum Gasteiger partial charge on any atom is -0.493 e. The monoisotopic (exact) mass is 411 g/mol. The van der Waals surface area contributed by atoms with Gasteiger partial charge in [0.2, 0.25) is 0 Å². The maximum absolute atomic E-state index is 12.7. The fourth-order valence-corrected chi connectivity index (χ4v) is 3.60. The van der Waals surface area contributed by atoms with Crippen molar-refractivity contribution in [2.75, 3.05) is 13.7 Å². The molecule has 160 valence electrons. The molecule has 0 saturated carbocycles. The molecule has 1 aliphatic heterocycles. The summed E-state index contributed by atoms with van der Waals surface area (Å²) >= 11 is 0. The molecule has 0 saturated heterocycles. The van der Waals surface area contributed by atoms with Gasteiger partial charge in [0.25, 0.3) is 0 Å². The second kappa shape index (κ2) is 9.20.